The number of nitrogens with zero attached hydrogens (tertiary/aromatic N) is 1. The van der Waals surface area contributed by atoms with E-state index >= 15 is 0 Å². The Bertz CT molecular complexity index is 2770. The van der Waals surface area contributed by atoms with Crippen LogP contribution >= 0.6 is 0 Å². The molecule has 9 aromatic rings. The van der Waals surface area contributed by atoms with E-state index in [9.17, 15) is 0 Å². The minimum Gasteiger partial charge on any atom is -0.455 e. The summed E-state index contributed by atoms with van der Waals surface area (Å²) in [6.07, 6.45) is 0. The molecule has 1 aromatic heterocycles. The average molecular weight is 670 g/mol. The van der Waals surface area contributed by atoms with Crippen LogP contribution in [0.25, 0.3) is 66.1 Å². The van der Waals surface area contributed by atoms with E-state index in [0.29, 0.717) is 0 Å². The summed E-state index contributed by atoms with van der Waals surface area (Å²) >= 11 is 0. The van der Waals surface area contributed by atoms with Crippen LogP contribution in [0.3, 0.4) is 0 Å². The Hall–Kier alpha value is -6.16. The number of fused-ring (bicyclic) bond motifs is 8. The third-order valence-corrected chi connectivity index (χ3v) is 14.4. The van der Waals surface area contributed by atoms with Gasteiger partial charge in [-0.2, -0.15) is 0 Å². The van der Waals surface area contributed by atoms with Gasteiger partial charge in [0.05, 0.1) is 5.69 Å². The SMILES string of the molecule is C[Si]1(C)c2cccc(N(c3ccc(-c4cccc5ccccc45)cc3)c3cccc(-c4ccccc4)c3)c2-c2c1ccc1c2oc2ccccc21. The highest BCUT2D eigenvalue weighted by Crippen LogP contribution is 2.47. The van der Waals surface area contributed by atoms with Gasteiger partial charge in [-0.3, -0.25) is 0 Å². The van der Waals surface area contributed by atoms with E-state index in [1.165, 1.54) is 65.6 Å². The molecule has 8 aromatic carbocycles. The second-order valence-corrected chi connectivity index (χ2v) is 18.4. The van der Waals surface area contributed by atoms with Crippen molar-refractivity contribution in [2.24, 2.45) is 0 Å². The Labute approximate surface area is 298 Å². The van der Waals surface area contributed by atoms with Crippen molar-refractivity contribution in [3.05, 3.63) is 176 Å². The molecule has 242 valence electrons. The zero-order valence-electron chi connectivity index (χ0n) is 28.6. The van der Waals surface area contributed by atoms with Crippen LogP contribution < -0.4 is 15.3 Å². The Morgan fingerprint density at radius 3 is 2.00 bits per heavy atom. The van der Waals surface area contributed by atoms with Crippen molar-refractivity contribution < 1.29 is 4.42 Å². The molecule has 51 heavy (non-hydrogen) atoms. The van der Waals surface area contributed by atoms with E-state index in [2.05, 4.69) is 194 Å². The lowest BCUT2D eigenvalue weighted by atomic mass is 9.97. The fraction of sp³-hybridized carbons (Fsp3) is 0.0417. The largest absolute Gasteiger partial charge is 0.455 e. The lowest BCUT2D eigenvalue weighted by Gasteiger charge is -2.29. The molecular formula is C48H35NOSi. The summed E-state index contributed by atoms with van der Waals surface area (Å²) in [6.45, 7) is 4.96. The lowest BCUT2D eigenvalue weighted by molar-refractivity contribution is 0.670. The van der Waals surface area contributed by atoms with E-state index in [1.54, 1.807) is 0 Å². The van der Waals surface area contributed by atoms with E-state index in [0.717, 1.165) is 27.9 Å². The summed E-state index contributed by atoms with van der Waals surface area (Å²) in [7, 11) is -2.06. The molecule has 0 unspecified atom stereocenters. The van der Waals surface area contributed by atoms with Crippen molar-refractivity contribution in [2.45, 2.75) is 13.1 Å². The van der Waals surface area contributed by atoms with Crippen molar-refractivity contribution in [3.63, 3.8) is 0 Å². The Morgan fingerprint density at radius 1 is 0.451 bits per heavy atom. The first kappa shape index (κ1) is 29.7. The summed E-state index contributed by atoms with van der Waals surface area (Å²) in [5.74, 6) is 0. The summed E-state index contributed by atoms with van der Waals surface area (Å²) in [5, 5.41) is 7.73. The molecule has 0 N–H and O–H groups in total. The predicted molar refractivity (Wildman–Crippen MR) is 219 cm³/mol. The highest BCUT2D eigenvalue weighted by Gasteiger charge is 2.41. The number of para-hydroxylation sites is 1. The van der Waals surface area contributed by atoms with Crippen LogP contribution in [0.5, 0.6) is 0 Å². The van der Waals surface area contributed by atoms with Crippen molar-refractivity contribution in [2.75, 3.05) is 4.90 Å². The molecule has 1 aliphatic rings. The molecular weight excluding hydrogens is 635 g/mol. The van der Waals surface area contributed by atoms with E-state index < -0.39 is 8.07 Å². The molecule has 0 spiro atoms. The molecule has 0 saturated carbocycles. The van der Waals surface area contributed by atoms with Crippen LogP contribution in [0.1, 0.15) is 0 Å². The van der Waals surface area contributed by atoms with Gasteiger partial charge >= 0.3 is 0 Å². The molecule has 0 radical (unpaired) electrons. The molecule has 0 saturated heterocycles. The first-order chi connectivity index (χ1) is 25.1. The highest BCUT2D eigenvalue weighted by molar-refractivity contribution is 7.04. The maximum absolute atomic E-state index is 6.77. The number of furan rings is 1. The normalized spacial score (nSPS) is 13.1. The van der Waals surface area contributed by atoms with Gasteiger partial charge in [-0.05, 0) is 79.8 Å². The maximum atomic E-state index is 6.77. The lowest BCUT2D eigenvalue weighted by Crippen LogP contribution is -2.49. The molecule has 0 aliphatic carbocycles. The fourth-order valence-corrected chi connectivity index (χ4v) is 11.4. The number of rotatable bonds is 5. The third-order valence-electron chi connectivity index (χ3n) is 10.9. The molecule has 0 atom stereocenters. The van der Waals surface area contributed by atoms with Crippen LogP contribution in [0, 0.1) is 0 Å². The van der Waals surface area contributed by atoms with Gasteiger partial charge in [0, 0.05) is 33.3 Å². The summed E-state index contributed by atoms with van der Waals surface area (Å²) in [5.41, 5.74) is 12.7. The Balaban J connectivity index is 1.22. The molecule has 10 rings (SSSR count). The monoisotopic (exact) mass is 669 g/mol. The van der Waals surface area contributed by atoms with E-state index in [-0.39, 0.29) is 0 Å². The first-order valence-electron chi connectivity index (χ1n) is 17.7. The Morgan fingerprint density at radius 2 is 1.14 bits per heavy atom. The summed E-state index contributed by atoms with van der Waals surface area (Å²) in [4.78, 5) is 2.46. The van der Waals surface area contributed by atoms with Gasteiger partial charge in [0.1, 0.15) is 19.2 Å². The number of hydrogen-bond acceptors (Lipinski definition) is 2. The molecule has 2 nitrogen and oxygen atoms in total. The van der Waals surface area contributed by atoms with Gasteiger partial charge in [-0.25, -0.2) is 0 Å². The van der Waals surface area contributed by atoms with Crippen molar-refractivity contribution >= 4 is 68.2 Å². The van der Waals surface area contributed by atoms with Gasteiger partial charge in [-0.1, -0.05) is 153 Å². The average Bonchev–Trinajstić information content (AvgIpc) is 3.68. The van der Waals surface area contributed by atoms with Crippen LogP contribution in [0.4, 0.5) is 17.1 Å². The van der Waals surface area contributed by atoms with Gasteiger partial charge in [-0.15, -0.1) is 0 Å². The topological polar surface area (TPSA) is 16.4 Å². The number of benzene rings is 8. The standard InChI is InChI=1S/C48H35NOSi/c1-51(2)44-24-12-22-42(46(44)47-45(51)30-29-41-40-20-8-9-23-43(40)50-48(41)47)49(37-18-10-17-35(31-37)32-13-4-3-5-14-32)36-27-25-34(26-28-36)39-21-11-16-33-15-6-7-19-38(33)39/h3-31H,1-2H3. The highest BCUT2D eigenvalue weighted by atomic mass is 28.3. The van der Waals surface area contributed by atoms with Crippen LogP contribution in [-0.4, -0.2) is 8.07 Å². The van der Waals surface area contributed by atoms with Crippen LogP contribution in [0.15, 0.2) is 180 Å². The fourth-order valence-electron chi connectivity index (χ4n) is 8.36. The summed E-state index contributed by atoms with van der Waals surface area (Å²) < 4.78 is 6.77. The van der Waals surface area contributed by atoms with Crippen LogP contribution in [-0.2, 0) is 0 Å². The zero-order chi connectivity index (χ0) is 34.1. The molecule has 0 bridgehead atoms. The molecule has 0 fully saturated rings. The molecule has 1 aliphatic heterocycles. The summed E-state index contributed by atoms with van der Waals surface area (Å²) in [6, 6.07) is 64.0. The van der Waals surface area contributed by atoms with E-state index in [1.807, 2.05) is 0 Å². The zero-order valence-corrected chi connectivity index (χ0v) is 29.6. The Kier molecular flexibility index (Phi) is 6.67. The molecule has 2 heterocycles. The van der Waals surface area contributed by atoms with Gasteiger partial charge < -0.3 is 9.32 Å². The van der Waals surface area contributed by atoms with Crippen molar-refractivity contribution in [1.29, 1.82) is 0 Å². The molecule has 0 amide bonds. The quantitative estimate of drug-likeness (QED) is 0.170. The van der Waals surface area contributed by atoms with Crippen LogP contribution in [0.2, 0.25) is 13.1 Å². The smallest absolute Gasteiger partial charge is 0.143 e. The first-order valence-corrected chi connectivity index (χ1v) is 20.7. The van der Waals surface area contributed by atoms with Gasteiger partial charge in [0.2, 0.25) is 0 Å². The third kappa shape index (κ3) is 4.62. The number of anilines is 3. The molecule has 3 heteroatoms. The number of hydrogen-bond donors (Lipinski definition) is 0. The van der Waals surface area contributed by atoms with E-state index in [4.69, 9.17) is 4.42 Å². The maximum Gasteiger partial charge on any atom is 0.143 e. The second kappa shape index (κ2) is 11.4. The predicted octanol–water partition coefficient (Wildman–Crippen LogP) is 12.3. The van der Waals surface area contributed by atoms with Crippen molar-refractivity contribution in [3.8, 4) is 33.4 Å². The van der Waals surface area contributed by atoms with Gasteiger partial charge in [0.15, 0.2) is 0 Å². The minimum atomic E-state index is -2.06. The minimum absolute atomic E-state index is 0.933. The second-order valence-electron chi connectivity index (χ2n) is 14.1. The van der Waals surface area contributed by atoms with Crippen molar-refractivity contribution in [1.82, 2.24) is 0 Å². The van der Waals surface area contributed by atoms with Gasteiger partial charge in [0.25, 0.3) is 0 Å².